The number of ether oxygens (including phenoxy) is 2. The van der Waals surface area contributed by atoms with Crippen molar-refractivity contribution in [2.45, 2.75) is 13.8 Å². The van der Waals surface area contributed by atoms with Crippen LogP contribution in [-0.2, 0) is 14.3 Å². The fourth-order valence-corrected chi connectivity index (χ4v) is 1.36. The Morgan fingerprint density at radius 2 is 1.84 bits per heavy atom. The molecule has 1 rings (SSSR count). The van der Waals surface area contributed by atoms with Gasteiger partial charge in [-0.3, -0.25) is 0 Å². The van der Waals surface area contributed by atoms with Gasteiger partial charge in [-0.2, -0.15) is 5.26 Å². The van der Waals surface area contributed by atoms with Crippen molar-refractivity contribution in [3.05, 3.63) is 41.8 Å². The summed E-state index contributed by atoms with van der Waals surface area (Å²) in [5.41, 5.74) is 0.551. The zero-order valence-electron chi connectivity index (χ0n) is 11.0. The summed E-state index contributed by atoms with van der Waals surface area (Å²) in [5, 5.41) is 12.0. The number of para-hydroxylation sites is 1. The van der Waals surface area contributed by atoms with E-state index < -0.39 is 5.97 Å². The third-order valence-electron chi connectivity index (χ3n) is 2.14. The number of rotatable bonds is 6. The van der Waals surface area contributed by atoms with E-state index in [0.29, 0.717) is 6.61 Å². The normalized spacial score (nSPS) is 11.0. The summed E-state index contributed by atoms with van der Waals surface area (Å²) in [7, 11) is 0. The molecule has 0 radical (unpaired) electrons. The maximum Gasteiger partial charge on any atom is 0.354 e. The van der Waals surface area contributed by atoms with Crippen LogP contribution in [0.3, 0.4) is 0 Å². The molecule has 0 bridgehead atoms. The van der Waals surface area contributed by atoms with Crippen LogP contribution >= 0.6 is 0 Å². The fourth-order valence-electron chi connectivity index (χ4n) is 1.36. The molecule has 100 valence electrons. The maximum absolute atomic E-state index is 11.7. The lowest BCUT2D eigenvalue weighted by molar-refractivity contribution is -0.138. The molecule has 0 fully saturated rings. The van der Waals surface area contributed by atoms with E-state index in [1.165, 1.54) is 0 Å². The quantitative estimate of drug-likeness (QED) is 0.368. The summed E-state index contributed by atoms with van der Waals surface area (Å²) in [5.74, 6) is -0.591. The number of nitriles is 1. The first kappa shape index (κ1) is 14.6. The monoisotopic (exact) mass is 260 g/mol. The average molecular weight is 260 g/mol. The van der Waals surface area contributed by atoms with E-state index in [4.69, 9.17) is 14.7 Å². The molecule has 0 aliphatic heterocycles. The Morgan fingerprint density at radius 3 is 2.37 bits per heavy atom. The van der Waals surface area contributed by atoms with Gasteiger partial charge in [-0.25, -0.2) is 4.79 Å². The van der Waals surface area contributed by atoms with Crippen molar-refractivity contribution >= 4 is 11.7 Å². The van der Waals surface area contributed by atoms with Gasteiger partial charge in [0.2, 0.25) is 5.88 Å². The molecule has 19 heavy (non-hydrogen) atoms. The minimum atomic E-state index is -0.697. The fraction of sp³-hybridized carbons (Fsp3) is 0.286. The topological polar surface area (TPSA) is 71.4 Å². The second-order valence-corrected chi connectivity index (χ2v) is 3.46. The second-order valence-electron chi connectivity index (χ2n) is 3.46. The molecular weight excluding hydrogens is 244 g/mol. The number of carbonyl (C=O) groups excluding carboxylic acids is 1. The first-order valence-electron chi connectivity index (χ1n) is 5.99. The Bertz CT molecular complexity index is 489. The summed E-state index contributed by atoms with van der Waals surface area (Å²) in [6, 6.07) is 11.0. The summed E-state index contributed by atoms with van der Waals surface area (Å²) in [4.78, 5) is 11.7. The minimum Gasteiger partial charge on any atom is -0.478 e. The van der Waals surface area contributed by atoms with Crippen molar-refractivity contribution < 1.29 is 14.3 Å². The Kier molecular flexibility index (Phi) is 5.96. The molecule has 0 amide bonds. The summed E-state index contributed by atoms with van der Waals surface area (Å²) in [6.07, 6.45) is 0. The Balaban J connectivity index is 3.02. The van der Waals surface area contributed by atoms with Gasteiger partial charge in [-0.15, -0.1) is 0 Å². The molecular formula is C14H16N2O3. The summed E-state index contributed by atoms with van der Waals surface area (Å²) >= 11 is 0. The first-order valence-corrected chi connectivity index (χ1v) is 5.99. The van der Waals surface area contributed by atoms with Crippen LogP contribution < -0.4 is 5.32 Å². The van der Waals surface area contributed by atoms with Crippen molar-refractivity contribution in [3.8, 4) is 6.07 Å². The van der Waals surface area contributed by atoms with Crippen LogP contribution in [0.4, 0.5) is 5.69 Å². The number of anilines is 1. The van der Waals surface area contributed by atoms with E-state index in [2.05, 4.69) is 5.32 Å². The van der Waals surface area contributed by atoms with Gasteiger partial charge >= 0.3 is 5.97 Å². The molecule has 0 aliphatic rings. The summed E-state index contributed by atoms with van der Waals surface area (Å²) in [6.45, 7) is 3.99. The molecule has 0 aromatic heterocycles. The van der Waals surface area contributed by atoms with Crippen molar-refractivity contribution in [1.82, 2.24) is 0 Å². The van der Waals surface area contributed by atoms with Crippen LogP contribution in [-0.4, -0.2) is 19.2 Å². The van der Waals surface area contributed by atoms with Gasteiger partial charge in [0, 0.05) is 5.69 Å². The van der Waals surface area contributed by atoms with E-state index in [-0.39, 0.29) is 18.1 Å². The van der Waals surface area contributed by atoms with Gasteiger partial charge in [0.05, 0.1) is 13.2 Å². The van der Waals surface area contributed by atoms with Gasteiger partial charge in [-0.1, -0.05) is 18.2 Å². The molecule has 0 atom stereocenters. The van der Waals surface area contributed by atoms with Crippen LogP contribution in [0.15, 0.2) is 41.8 Å². The molecule has 0 saturated heterocycles. The highest BCUT2D eigenvalue weighted by Crippen LogP contribution is 2.14. The molecule has 0 unspecified atom stereocenters. The lowest BCUT2D eigenvalue weighted by atomic mass is 10.3. The largest absolute Gasteiger partial charge is 0.478 e. The zero-order chi connectivity index (χ0) is 14.1. The van der Waals surface area contributed by atoms with Crippen molar-refractivity contribution in [1.29, 1.82) is 5.26 Å². The average Bonchev–Trinajstić information content (AvgIpc) is 2.41. The number of nitrogens with zero attached hydrogens (tertiary/aromatic N) is 1. The van der Waals surface area contributed by atoms with Crippen molar-refractivity contribution in [2.24, 2.45) is 0 Å². The number of esters is 1. The van der Waals surface area contributed by atoms with Gasteiger partial charge in [-0.05, 0) is 26.0 Å². The molecule has 1 N–H and O–H groups in total. The lowest BCUT2D eigenvalue weighted by Crippen LogP contribution is -2.15. The third kappa shape index (κ3) is 4.36. The SMILES string of the molecule is CCOC(=O)/C(C#N)=C(/Nc1ccccc1)OCC. The van der Waals surface area contributed by atoms with E-state index in [0.717, 1.165) is 5.69 Å². The molecule has 0 heterocycles. The maximum atomic E-state index is 11.7. The van der Waals surface area contributed by atoms with Crippen LogP contribution in [0.25, 0.3) is 0 Å². The van der Waals surface area contributed by atoms with E-state index in [1.807, 2.05) is 24.3 Å². The van der Waals surface area contributed by atoms with Crippen LogP contribution in [0.2, 0.25) is 0 Å². The molecule has 0 spiro atoms. The van der Waals surface area contributed by atoms with E-state index in [1.54, 1.807) is 26.0 Å². The zero-order valence-corrected chi connectivity index (χ0v) is 11.0. The van der Waals surface area contributed by atoms with E-state index in [9.17, 15) is 4.79 Å². The van der Waals surface area contributed by atoms with Crippen LogP contribution in [0.5, 0.6) is 0 Å². The molecule has 1 aromatic rings. The number of benzene rings is 1. The number of hydrogen-bond acceptors (Lipinski definition) is 5. The standard InChI is InChI=1S/C14H16N2O3/c1-3-18-13(12(10-15)14(17)19-4-2)16-11-8-6-5-7-9-11/h5-9,16H,3-4H2,1-2H3/b13-12-. The smallest absolute Gasteiger partial charge is 0.354 e. The number of nitrogens with one attached hydrogen (secondary N) is 1. The highest BCUT2D eigenvalue weighted by atomic mass is 16.5. The molecule has 5 heteroatoms. The first-order chi connectivity index (χ1) is 9.22. The second kappa shape index (κ2) is 7.77. The number of hydrogen-bond donors (Lipinski definition) is 1. The van der Waals surface area contributed by atoms with Gasteiger partial charge < -0.3 is 14.8 Å². The Morgan fingerprint density at radius 1 is 1.21 bits per heavy atom. The molecule has 5 nitrogen and oxygen atoms in total. The predicted molar refractivity (Wildman–Crippen MR) is 71.0 cm³/mol. The highest BCUT2D eigenvalue weighted by Gasteiger charge is 2.18. The van der Waals surface area contributed by atoms with Crippen LogP contribution in [0, 0.1) is 11.3 Å². The third-order valence-corrected chi connectivity index (χ3v) is 2.14. The van der Waals surface area contributed by atoms with Crippen LogP contribution in [0.1, 0.15) is 13.8 Å². The van der Waals surface area contributed by atoms with Gasteiger partial charge in [0.25, 0.3) is 0 Å². The van der Waals surface area contributed by atoms with Crippen molar-refractivity contribution in [3.63, 3.8) is 0 Å². The molecule has 1 aromatic carbocycles. The molecule has 0 aliphatic carbocycles. The minimum absolute atomic E-state index is 0.106. The summed E-state index contributed by atoms with van der Waals surface area (Å²) < 4.78 is 10.1. The van der Waals surface area contributed by atoms with Gasteiger partial charge in [0.1, 0.15) is 6.07 Å². The highest BCUT2D eigenvalue weighted by molar-refractivity contribution is 5.93. The van der Waals surface area contributed by atoms with Gasteiger partial charge in [0.15, 0.2) is 5.57 Å². The Labute approximate surface area is 112 Å². The number of carbonyl (C=O) groups is 1. The van der Waals surface area contributed by atoms with Crippen molar-refractivity contribution in [2.75, 3.05) is 18.5 Å². The lowest BCUT2D eigenvalue weighted by Gasteiger charge is -2.13. The molecule has 0 saturated carbocycles. The Hall–Kier alpha value is -2.48. The predicted octanol–water partition coefficient (Wildman–Crippen LogP) is 2.43. The van der Waals surface area contributed by atoms with E-state index >= 15 is 0 Å².